The normalized spacial score (nSPS) is 16.7. The zero-order valence-corrected chi connectivity index (χ0v) is 17.4. The van der Waals surface area contributed by atoms with Gasteiger partial charge in [-0.2, -0.15) is 0 Å². The zero-order valence-electron chi connectivity index (χ0n) is 16.6. The SMILES string of the molecule is CN=C(NCCc1ccc(S(C)(=O)=O)cc1)NCC1CC(=O)Nc2ccccc21. The van der Waals surface area contributed by atoms with Crippen LogP contribution in [-0.4, -0.2) is 46.7 Å². The van der Waals surface area contributed by atoms with Crippen molar-refractivity contribution in [3.05, 3.63) is 59.7 Å². The molecule has 0 aliphatic carbocycles. The summed E-state index contributed by atoms with van der Waals surface area (Å²) in [6, 6.07) is 14.8. The first-order valence-electron chi connectivity index (χ1n) is 9.49. The maximum absolute atomic E-state index is 11.9. The summed E-state index contributed by atoms with van der Waals surface area (Å²) in [5.41, 5.74) is 3.04. The van der Waals surface area contributed by atoms with Gasteiger partial charge in [-0.15, -0.1) is 0 Å². The highest BCUT2D eigenvalue weighted by Crippen LogP contribution is 2.31. The summed E-state index contributed by atoms with van der Waals surface area (Å²) in [5, 5.41) is 9.46. The first-order chi connectivity index (χ1) is 13.9. The number of guanidine groups is 1. The number of sulfone groups is 1. The highest BCUT2D eigenvalue weighted by Gasteiger charge is 2.24. The Morgan fingerprint density at radius 2 is 1.86 bits per heavy atom. The number of amides is 1. The summed E-state index contributed by atoms with van der Waals surface area (Å²) in [6.45, 7) is 1.26. The molecule has 1 heterocycles. The van der Waals surface area contributed by atoms with Crippen molar-refractivity contribution in [3.8, 4) is 0 Å². The lowest BCUT2D eigenvalue weighted by atomic mass is 9.90. The van der Waals surface area contributed by atoms with E-state index in [4.69, 9.17) is 0 Å². The topological polar surface area (TPSA) is 99.7 Å². The molecule has 3 N–H and O–H groups in total. The minimum atomic E-state index is -3.17. The van der Waals surface area contributed by atoms with Crippen LogP contribution in [0.5, 0.6) is 0 Å². The molecule has 1 unspecified atom stereocenters. The Labute approximate surface area is 171 Å². The molecule has 1 aliphatic rings. The van der Waals surface area contributed by atoms with Gasteiger partial charge in [0.25, 0.3) is 0 Å². The van der Waals surface area contributed by atoms with E-state index in [1.54, 1.807) is 19.2 Å². The molecular formula is C21H26N4O3S. The maximum Gasteiger partial charge on any atom is 0.225 e. The van der Waals surface area contributed by atoms with Gasteiger partial charge in [0.1, 0.15) is 0 Å². The van der Waals surface area contributed by atoms with E-state index >= 15 is 0 Å². The highest BCUT2D eigenvalue weighted by atomic mass is 32.2. The second-order valence-corrected chi connectivity index (χ2v) is 9.10. The first kappa shape index (κ1) is 20.9. The maximum atomic E-state index is 11.9. The van der Waals surface area contributed by atoms with Crippen molar-refractivity contribution >= 4 is 27.4 Å². The van der Waals surface area contributed by atoms with Crippen molar-refractivity contribution in [2.75, 3.05) is 31.7 Å². The van der Waals surface area contributed by atoms with E-state index in [1.807, 2.05) is 36.4 Å². The van der Waals surface area contributed by atoms with Crippen molar-refractivity contribution in [1.29, 1.82) is 0 Å². The second-order valence-electron chi connectivity index (χ2n) is 7.08. The van der Waals surface area contributed by atoms with Crippen molar-refractivity contribution < 1.29 is 13.2 Å². The smallest absolute Gasteiger partial charge is 0.225 e. The summed E-state index contributed by atoms with van der Waals surface area (Å²) < 4.78 is 23.0. The Hall–Kier alpha value is -2.87. The fourth-order valence-electron chi connectivity index (χ4n) is 3.35. The highest BCUT2D eigenvalue weighted by molar-refractivity contribution is 7.90. The predicted molar refractivity (Wildman–Crippen MR) is 115 cm³/mol. The number of nitrogens with one attached hydrogen (secondary N) is 3. The number of fused-ring (bicyclic) bond motifs is 1. The number of rotatable bonds is 6. The number of carbonyl (C=O) groups is 1. The van der Waals surface area contributed by atoms with Crippen LogP contribution in [0, 0.1) is 0 Å². The van der Waals surface area contributed by atoms with E-state index in [1.165, 1.54) is 6.26 Å². The lowest BCUT2D eigenvalue weighted by molar-refractivity contribution is -0.116. The summed E-state index contributed by atoms with van der Waals surface area (Å²) >= 11 is 0. The molecule has 0 radical (unpaired) electrons. The van der Waals surface area contributed by atoms with Crippen LogP contribution in [0.1, 0.15) is 23.5 Å². The number of hydrogen-bond acceptors (Lipinski definition) is 4. The van der Waals surface area contributed by atoms with E-state index in [2.05, 4.69) is 20.9 Å². The number of nitrogens with zero attached hydrogens (tertiary/aromatic N) is 1. The summed E-state index contributed by atoms with van der Waals surface area (Å²) in [7, 11) is -1.47. The van der Waals surface area contributed by atoms with Gasteiger partial charge in [-0.1, -0.05) is 30.3 Å². The van der Waals surface area contributed by atoms with Crippen molar-refractivity contribution in [1.82, 2.24) is 10.6 Å². The fraction of sp³-hybridized carbons (Fsp3) is 0.333. The van der Waals surface area contributed by atoms with Crippen molar-refractivity contribution in [2.45, 2.75) is 23.7 Å². The van der Waals surface area contributed by atoms with Crippen LogP contribution in [-0.2, 0) is 21.1 Å². The van der Waals surface area contributed by atoms with Crippen LogP contribution in [0.4, 0.5) is 5.69 Å². The van der Waals surface area contributed by atoms with Gasteiger partial charge in [-0.25, -0.2) is 8.42 Å². The average molecular weight is 415 g/mol. The van der Waals surface area contributed by atoms with Crippen molar-refractivity contribution in [3.63, 3.8) is 0 Å². The van der Waals surface area contributed by atoms with Gasteiger partial charge in [0.15, 0.2) is 15.8 Å². The molecule has 2 aromatic carbocycles. The molecule has 0 spiro atoms. The zero-order chi connectivity index (χ0) is 20.9. The number of hydrogen-bond donors (Lipinski definition) is 3. The van der Waals surface area contributed by atoms with E-state index in [0.29, 0.717) is 30.4 Å². The molecule has 8 heteroatoms. The molecule has 0 saturated carbocycles. The lowest BCUT2D eigenvalue weighted by Crippen LogP contribution is -2.41. The molecule has 0 bridgehead atoms. The monoisotopic (exact) mass is 414 g/mol. The first-order valence-corrected chi connectivity index (χ1v) is 11.4. The average Bonchev–Trinajstić information content (AvgIpc) is 2.70. The number of benzene rings is 2. The molecule has 2 aromatic rings. The van der Waals surface area contributed by atoms with E-state index in [-0.39, 0.29) is 11.8 Å². The third kappa shape index (κ3) is 5.57. The van der Waals surface area contributed by atoms with Crippen LogP contribution < -0.4 is 16.0 Å². The molecule has 0 saturated heterocycles. The van der Waals surface area contributed by atoms with Crippen molar-refractivity contribution in [2.24, 2.45) is 4.99 Å². The Morgan fingerprint density at radius 3 is 2.55 bits per heavy atom. The molecule has 0 fully saturated rings. The molecule has 1 atom stereocenters. The predicted octanol–water partition coefficient (Wildman–Crippen LogP) is 1.92. The standard InChI is InChI=1S/C21H26N4O3S/c1-22-21(23-12-11-15-7-9-17(10-8-15)29(2,27)28)24-14-16-13-20(26)25-19-6-4-3-5-18(16)19/h3-10,16H,11-14H2,1-2H3,(H,25,26)(H2,22,23,24). The minimum Gasteiger partial charge on any atom is -0.356 e. The molecule has 3 rings (SSSR count). The van der Waals surface area contributed by atoms with Crippen LogP contribution in [0.25, 0.3) is 0 Å². The Kier molecular flexibility index (Phi) is 6.53. The third-order valence-electron chi connectivity index (χ3n) is 4.90. The fourth-order valence-corrected chi connectivity index (χ4v) is 3.98. The van der Waals surface area contributed by atoms with Crippen LogP contribution in [0.3, 0.4) is 0 Å². The second kappa shape index (κ2) is 9.09. The number of carbonyl (C=O) groups excluding carboxylic acids is 1. The molecule has 154 valence electrons. The van der Waals surface area contributed by atoms with Crippen LogP contribution in [0.15, 0.2) is 58.4 Å². The molecule has 0 aromatic heterocycles. The minimum absolute atomic E-state index is 0.0241. The molecule has 1 aliphatic heterocycles. The van der Waals surface area contributed by atoms with Gasteiger partial charge < -0.3 is 16.0 Å². The Bertz CT molecular complexity index is 1000. The number of anilines is 1. The van der Waals surface area contributed by atoms with Gasteiger partial charge in [0.05, 0.1) is 4.90 Å². The van der Waals surface area contributed by atoms with Gasteiger partial charge >= 0.3 is 0 Å². The Balaban J connectivity index is 1.51. The lowest BCUT2D eigenvalue weighted by Gasteiger charge is -2.26. The number of para-hydroxylation sites is 1. The van der Waals surface area contributed by atoms with E-state index in [9.17, 15) is 13.2 Å². The van der Waals surface area contributed by atoms with Gasteiger partial charge in [-0.3, -0.25) is 9.79 Å². The third-order valence-corrected chi connectivity index (χ3v) is 6.03. The quantitative estimate of drug-likeness (QED) is 0.495. The Morgan fingerprint density at radius 1 is 1.14 bits per heavy atom. The van der Waals surface area contributed by atoms with Gasteiger partial charge in [-0.05, 0) is 35.7 Å². The van der Waals surface area contributed by atoms with Gasteiger partial charge in [0.2, 0.25) is 5.91 Å². The molecular weight excluding hydrogens is 388 g/mol. The molecule has 7 nitrogen and oxygen atoms in total. The van der Waals surface area contributed by atoms with E-state index < -0.39 is 9.84 Å². The summed E-state index contributed by atoms with van der Waals surface area (Å²) in [5.74, 6) is 0.777. The van der Waals surface area contributed by atoms with Gasteiger partial charge in [0, 0.05) is 44.4 Å². The largest absolute Gasteiger partial charge is 0.356 e. The van der Waals surface area contributed by atoms with E-state index in [0.717, 1.165) is 23.2 Å². The van der Waals surface area contributed by atoms with Crippen LogP contribution in [0.2, 0.25) is 0 Å². The molecule has 29 heavy (non-hydrogen) atoms. The summed E-state index contributed by atoms with van der Waals surface area (Å²) in [4.78, 5) is 16.5. The molecule has 1 amide bonds. The summed E-state index contributed by atoms with van der Waals surface area (Å²) in [6.07, 6.45) is 2.38. The number of aliphatic imine (C=N–C) groups is 1. The van der Waals surface area contributed by atoms with Crippen LogP contribution >= 0.6 is 0 Å².